The van der Waals surface area contributed by atoms with Crippen molar-refractivity contribution in [3.8, 4) is 11.3 Å². The third kappa shape index (κ3) is 8.91. The number of primary amides is 1. The largest absolute Gasteiger partial charge is 0.385 e. The van der Waals surface area contributed by atoms with Gasteiger partial charge in [-0.05, 0) is 49.4 Å². The lowest BCUT2D eigenvalue weighted by Crippen LogP contribution is -2.44. The number of carbonyl (C=O) groups excluding carboxylic acids is 2. The average molecular weight is 521 g/mol. The molecule has 1 aromatic heterocycles. The van der Waals surface area contributed by atoms with Crippen molar-refractivity contribution in [1.82, 2.24) is 19.6 Å². The molecule has 1 aliphatic rings. The lowest BCUT2D eigenvalue weighted by atomic mass is 10.1. The van der Waals surface area contributed by atoms with Crippen LogP contribution < -0.4 is 16.6 Å². The van der Waals surface area contributed by atoms with Crippen molar-refractivity contribution >= 4 is 18.0 Å². The maximum atomic E-state index is 12.1. The number of benzene rings is 2. The van der Waals surface area contributed by atoms with Gasteiger partial charge in [-0.2, -0.15) is 5.10 Å². The Hall–Kier alpha value is -3.86. The van der Waals surface area contributed by atoms with Crippen molar-refractivity contribution in [3.05, 3.63) is 82.1 Å². The summed E-state index contributed by atoms with van der Waals surface area (Å²) in [6.45, 7) is 7.21. The van der Waals surface area contributed by atoms with Crippen molar-refractivity contribution in [1.29, 1.82) is 0 Å². The van der Waals surface area contributed by atoms with Crippen LogP contribution >= 0.6 is 0 Å². The third-order valence-electron chi connectivity index (χ3n) is 6.21. The van der Waals surface area contributed by atoms with Crippen molar-refractivity contribution in [2.45, 2.75) is 13.0 Å². The molecular weight excluding hydrogens is 484 g/mol. The summed E-state index contributed by atoms with van der Waals surface area (Å²) in [5.41, 5.74) is 8.11. The maximum Gasteiger partial charge on any atom is 0.267 e. The van der Waals surface area contributed by atoms with Gasteiger partial charge in [-0.3, -0.25) is 14.4 Å². The van der Waals surface area contributed by atoms with E-state index in [1.165, 1.54) is 49.9 Å². The van der Waals surface area contributed by atoms with Crippen LogP contribution in [0, 0.1) is 0 Å². The number of nitrogens with two attached hydrogens (primary N) is 1. The fourth-order valence-electron chi connectivity index (χ4n) is 4.05. The van der Waals surface area contributed by atoms with E-state index in [1.807, 2.05) is 6.07 Å². The molecular formula is C28H36N6O4. The highest BCUT2D eigenvalue weighted by Gasteiger charge is 2.12. The van der Waals surface area contributed by atoms with Gasteiger partial charge < -0.3 is 25.6 Å². The molecule has 0 bridgehead atoms. The first-order chi connectivity index (χ1) is 18.4. The molecule has 0 aliphatic carbocycles. The summed E-state index contributed by atoms with van der Waals surface area (Å²) >= 11 is 0. The van der Waals surface area contributed by atoms with Crippen LogP contribution in [0.3, 0.4) is 0 Å². The number of amides is 2. The van der Waals surface area contributed by atoms with E-state index < -0.39 is 5.91 Å². The number of methoxy groups -OCH3 is 1. The van der Waals surface area contributed by atoms with Gasteiger partial charge in [-0.25, -0.2) is 4.68 Å². The number of rotatable bonds is 10. The fraction of sp³-hybridized carbons (Fsp3) is 0.357. The minimum Gasteiger partial charge on any atom is -0.385 e. The highest BCUT2D eigenvalue weighted by molar-refractivity contribution is 5.93. The lowest BCUT2D eigenvalue weighted by molar-refractivity contribution is -0.105. The summed E-state index contributed by atoms with van der Waals surface area (Å²) < 4.78 is 6.34. The van der Waals surface area contributed by atoms with Crippen LogP contribution in [0.2, 0.25) is 0 Å². The van der Waals surface area contributed by atoms with Gasteiger partial charge in [0.2, 0.25) is 12.3 Å². The SMILES string of the molecule is COCCCN1CCN(C)CC1.NC(=O)c1cccc(-c2ccc(=O)n(Cc3cccc(NC=O)c3)n2)c1. The number of nitrogens with one attached hydrogen (secondary N) is 1. The standard InChI is InChI=1S/C19H16N4O3.C9H20N2O/c20-19(26)15-5-2-4-14(10-15)17-7-8-18(25)23(22-17)11-13-3-1-6-16(9-13)21-12-24;1-10-5-7-11(8-6-10)4-3-9-12-2/h1-10,12H,11H2,(H2,20,26)(H,21,24);3-9H2,1-2H3. The Morgan fingerprint density at radius 1 is 1.08 bits per heavy atom. The molecule has 0 radical (unpaired) electrons. The summed E-state index contributed by atoms with van der Waals surface area (Å²) in [5, 5.41) is 6.95. The molecule has 0 spiro atoms. The molecule has 2 aromatic carbocycles. The van der Waals surface area contributed by atoms with Gasteiger partial charge >= 0.3 is 0 Å². The zero-order valence-electron chi connectivity index (χ0n) is 22.0. The van der Waals surface area contributed by atoms with Gasteiger partial charge in [-0.1, -0.05) is 24.3 Å². The minimum atomic E-state index is -0.528. The molecule has 1 aliphatic heterocycles. The Kier molecular flexibility index (Phi) is 11.2. The Bertz CT molecular complexity index is 1250. The normalized spacial score (nSPS) is 13.8. The van der Waals surface area contributed by atoms with Crippen LogP contribution in [0.15, 0.2) is 65.5 Å². The predicted octanol–water partition coefficient (Wildman–Crippen LogP) is 1.90. The van der Waals surface area contributed by atoms with Crippen molar-refractivity contribution in [2.24, 2.45) is 5.73 Å². The smallest absolute Gasteiger partial charge is 0.267 e. The minimum absolute atomic E-state index is 0.247. The zero-order valence-corrected chi connectivity index (χ0v) is 22.0. The molecule has 0 atom stereocenters. The van der Waals surface area contributed by atoms with E-state index in [9.17, 15) is 14.4 Å². The van der Waals surface area contributed by atoms with Crippen LogP contribution in [-0.4, -0.2) is 85.4 Å². The Morgan fingerprint density at radius 2 is 1.84 bits per heavy atom. The first-order valence-electron chi connectivity index (χ1n) is 12.6. The molecule has 2 amide bonds. The van der Waals surface area contributed by atoms with E-state index in [1.54, 1.807) is 55.6 Å². The second-order valence-electron chi connectivity index (χ2n) is 9.11. The van der Waals surface area contributed by atoms with E-state index in [4.69, 9.17) is 10.5 Å². The van der Waals surface area contributed by atoms with Gasteiger partial charge in [0.05, 0.1) is 12.2 Å². The molecule has 10 nitrogen and oxygen atoms in total. The maximum absolute atomic E-state index is 12.1. The van der Waals surface area contributed by atoms with Crippen molar-refractivity contribution < 1.29 is 14.3 Å². The quantitative estimate of drug-likeness (QED) is 0.309. The number of nitrogens with zero attached hydrogens (tertiary/aromatic N) is 4. The molecule has 2 heterocycles. The number of ether oxygens (including phenoxy) is 1. The van der Waals surface area contributed by atoms with E-state index >= 15 is 0 Å². The highest BCUT2D eigenvalue weighted by atomic mass is 16.5. The molecule has 0 saturated carbocycles. The molecule has 3 N–H and O–H groups in total. The van der Waals surface area contributed by atoms with Crippen molar-refractivity contribution in [2.75, 3.05) is 58.8 Å². The van der Waals surface area contributed by atoms with Gasteiger partial charge in [-0.15, -0.1) is 0 Å². The van der Waals surface area contributed by atoms with E-state index in [0.717, 1.165) is 12.2 Å². The topological polar surface area (TPSA) is 123 Å². The van der Waals surface area contributed by atoms with Crippen LogP contribution in [0.25, 0.3) is 11.3 Å². The number of hydrogen-bond acceptors (Lipinski definition) is 7. The van der Waals surface area contributed by atoms with Gasteiger partial charge in [0.1, 0.15) is 0 Å². The van der Waals surface area contributed by atoms with E-state index in [0.29, 0.717) is 28.9 Å². The second kappa shape index (κ2) is 14.8. The molecule has 202 valence electrons. The van der Waals surface area contributed by atoms with Crippen molar-refractivity contribution in [3.63, 3.8) is 0 Å². The molecule has 1 fully saturated rings. The number of likely N-dealkylation sites (N-methyl/N-ethyl adjacent to an activating group) is 1. The zero-order chi connectivity index (χ0) is 27.3. The van der Waals surface area contributed by atoms with E-state index in [-0.39, 0.29) is 12.1 Å². The first kappa shape index (κ1) is 28.7. The van der Waals surface area contributed by atoms with Gasteiger partial charge in [0, 0.05) is 69.3 Å². The molecule has 3 aromatic rings. The number of piperazine rings is 1. The Balaban J connectivity index is 0.000000279. The molecule has 4 rings (SSSR count). The molecule has 0 unspecified atom stereocenters. The van der Waals surface area contributed by atoms with Crippen LogP contribution in [0.5, 0.6) is 0 Å². The van der Waals surface area contributed by atoms with Crippen LogP contribution in [0.1, 0.15) is 22.3 Å². The number of hydrogen-bond donors (Lipinski definition) is 2. The molecule has 1 saturated heterocycles. The monoisotopic (exact) mass is 520 g/mol. The summed E-state index contributed by atoms with van der Waals surface area (Å²) in [7, 11) is 3.95. The van der Waals surface area contributed by atoms with Crippen LogP contribution in [-0.2, 0) is 16.1 Å². The molecule has 10 heteroatoms. The summed E-state index contributed by atoms with van der Waals surface area (Å²) in [6, 6.07) is 16.9. The second-order valence-corrected chi connectivity index (χ2v) is 9.11. The van der Waals surface area contributed by atoms with Crippen LogP contribution in [0.4, 0.5) is 5.69 Å². The van der Waals surface area contributed by atoms with E-state index in [2.05, 4.69) is 27.3 Å². The Labute approximate surface area is 223 Å². The van der Waals surface area contributed by atoms with Gasteiger partial charge in [0.15, 0.2) is 0 Å². The number of aromatic nitrogens is 2. The summed E-state index contributed by atoms with van der Waals surface area (Å²) in [6.07, 6.45) is 1.76. The third-order valence-corrected chi connectivity index (χ3v) is 6.21. The summed E-state index contributed by atoms with van der Waals surface area (Å²) in [5.74, 6) is -0.528. The average Bonchev–Trinajstić information content (AvgIpc) is 2.92. The number of anilines is 1. The first-order valence-corrected chi connectivity index (χ1v) is 12.6. The molecule has 38 heavy (non-hydrogen) atoms. The Morgan fingerprint density at radius 3 is 2.55 bits per heavy atom. The van der Waals surface area contributed by atoms with Gasteiger partial charge in [0.25, 0.3) is 5.56 Å². The number of carbonyl (C=O) groups is 2. The fourth-order valence-corrected chi connectivity index (χ4v) is 4.05. The summed E-state index contributed by atoms with van der Waals surface area (Å²) in [4.78, 5) is 39.0. The highest BCUT2D eigenvalue weighted by Crippen LogP contribution is 2.17. The predicted molar refractivity (Wildman–Crippen MR) is 148 cm³/mol. The lowest BCUT2D eigenvalue weighted by Gasteiger charge is -2.32.